The number of nitrogens with zero attached hydrogens (tertiary/aromatic N) is 2. The highest BCUT2D eigenvalue weighted by atomic mass is 32.1. The Balaban J connectivity index is 1.74. The zero-order valence-corrected chi connectivity index (χ0v) is 19.9. The number of halogens is 2. The van der Waals surface area contributed by atoms with E-state index in [-0.39, 0.29) is 36.4 Å². The summed E-state index contributed by atoms with van der Waals surface area (Å²) in [6.07, 6.45) is 0.658. The number of hydrogen-bond donors (Lipinski definition) is 0. The Morgan fingerprint density at radius 1 is 0.853 bits per heavy atom. The van der Waals surface area contributed by atoms with Gasteiger partial charge in [-0.3, -0.25) is 9.59 Å². The highest BCUT2D eigenvalue weighted by molar-refractivity contribution is 7.09. The van der Waals surface area contributed by atoms with Crippen LogP contribution < -0.4 is 0 Å². The molecule has 0 saturated carbocycles. The van der Waals surface area contributed by atoms with Crippen LogP contribution in [0.1, 0.15) is 22.4 Å². The molecule has 0 unspecified atom stereocenters. The van der Waals surface area contributed by atoms with Crippen LogP contribution in [0.2, 0.25) is 0 Å². The summed E-state index contributed by atoms with van der Waals surface area (Å²) in [6, 6.07) is 15.7. The first kappa shape index (κ1) is 25.5. The summed E-state index contributed by atoms with van der Waals surface area (Å²) >= 11 is 1.55. The van der Waals surface area contributed by atoms with Crippen molar-refractivity contribution in [3.05, 3.63) is 93.7 Å². The van der Waals surface area contributed by atoms with Gasteiger partial charge in [-0.2, -0.15) is 0 Å². The molecule has 0 saturated heterocycles. The Bertz CT molecular complexity index is 1040. The topological polar surface area (TPSA) is 49.9 Å². The first-order valence-corrected chi connectivity index (χ1v) is 11.9. The number of thiophene rings is 1. The van der Waals surface area contributed by atoms with Gasteiger partial charge in [0.2, 0.25) is 11.8 Å². The lowest BCUT2D eigenvalue weighted by atomic mass is 10.1. The van der Waals surface area contributed by atoms with E-state index in [4.69, 9.17) is 4.74 Å². The molecule has 0 aliphatic heterocycles. The van der Waals surface area contributed by atoms with E-state index in [0.717, 1.165) is 10.4 Å². The van der Waals surface area contributed by atoms with E-state index in [0.29, 0.717) is 38.2 Å². The number of carbonyl (C=O) groups excluding carboxylic acids is 2. The molecule has 8 heteroatoms. The summed E-state index contributed by atoms with van der Waals surface area (Å²) in [5.74, 6) is -1.12. The van der Waals surface area contributed by atoms with Crippen molar-refractivity contribution in [1.82, 2.24) is 9.80 Å². The van der Waals surface area contributed by atoms with Crippen LogP contribution in [-0.4, -0.2) is 48.4 Å². The molecule has 3 aromatic rings. The van der Waals surface area contributed by atoms with E-state index in [2.05, 4.69) is 0 Å². The van der Waals surface area contributed by atoms with Gasteiger partial charge >= 0.3 is 0 Å². The second-order valence-electron chi connectivity index (χ2n) is 7.92. The quantitative estimate of drug-likeness (QED) is 0.350. The number of rotatable bonds is 12. The summed E-state index contributed by atoms with van der Waals surface area (Å²) < 4.78 is 31.7. The molecule has 1 aromatic heterocycles. The van der Waals surface area contributed by atoms with Gasteiger partial charge in [0.25, 0.3) is 0 Å². The lowest BCUT2D eigenvalue weighted by Gasteiger charge is -2.28. The maximum absolute atomic E-state index is 13.4. The number of methoxy groups -OCH3 is 1. The van der Waals surface area contributed by atoms with Crippen LogP contribution in [-0.2, 0) is 33.8 Å². The predicted octanol–water partition coefficient (Wildman–Crippen LogP) is 4.66. The van der Waals surface area contributed by atoms with Gasteiger partial charge in [0.1, 0.15) is 11.6 Å². The van der Waals surface area contributed by atoms with Gasteiger partial charge in [0, 0.05) is 31.7 Å². The van der Waals surface area contributed by atoms with Crippen LogP contribution in [0.25, 0.3) is 0 Å². The maximum Gasteiger partial charge on any atom is 0.242 e. The summed E-state index contributed by atoms with van der Waals surface area (Å²) in [6.45, 7) is 1.43. The van der Waals surface area contributed by atoms with E-state index in [9.17, 15) is 18.4 Å². The normalized spacial score (nSPS) is 10.8. The zero-order chi connectivity index (χ0) is 24.3. The van der Waals surface area contributed by atoms with E-state index in [1.807, 2.05) is 17.5 Å². The third-order valence-electron chi connectivity index (χ3n) is 5.29. The van der Waals surface area contributed by atoms with Crippen LogP contribution >= 0.6 is 11.3 Å². The largest absolute Gasteiger partial charge is 0.385 e. The second kappa shape index (κ2) is 13.0. The molecule has 0 N–H and O–H groups in total. The predicted molar refractivity (Wildman–Crippen MR) is 128 cm³/mol. The van der Waals surface area contributed by atoms with Gasteiger partial charge in [-0.15, -0.1) is 11.3 Å². The molecule has 5 nitrogen and oxygen atoms in total. The fourth-order valence-electron chi connectivity index (χ4n) is 3.48. The summed E-state index contributed by atoms with van der Waals surface area (Å²) in [5, 5.41) is 1.94. The summed E-state index contributed by atoms with van der Waals surface area (Å²) in [5.41, 5.74) is 1.48. The minimum atomic E-state index is -0.367. The smallest absolute Gasteiger partial charge is 0.242 e. The molecular formula is C26H28F2N2O3S. The maximum atomic E-state index is 13.4. The van der Waals surface area contributed by atoms with Crippen LogP contribution in [0.3, 0.4) is 0 Å². The minimum absolute atomic E-state index is 0.0728. The standard InChI is InChI=1S/C26H28F2N2O3S/c1-33-14-3-13-29(25(31)16-20-5-9-22(27)10-6-20)19-26(32)30(18-24-4-2-15-34-24)17-21-7-11-23(28)12-8-21/h2,4-12,15H,3,13-14,16-19H2,1H3. The molecule has 0 radical (unpaired) electrons. The van der Waals surface area contributed by atoms with Gasteiger partial charge in [-0.1, -0.05) is 30.3 Å². The summed E-state index contributed by atoms with van der Waals surface area (Å²) in [4.78, 5) is 30.6. The molecule has 0 bridgehead atoms. The van der Waals surface area contributed by atoms with Crippen molar-refractivity contribution in [2.24, 2.45) is 0 Å². The Morgan fingerprint density at radius 2 is 1.50 bits per heavy atom. The van der Waals surface area contributed by atoms with Crippen molar-refractivity contribution in [1.29, 1.82) is 0 Å². The van der Waals surface area contributed by atoms with Crippen LogP contribution in [0, 0.1) is 11.6 Å². The lowest BCUT2D eigenvalue weighted by Crippen LogP contribution is -2.43. The monoisotopic (exact) mass is 486 g/mol. The van der Waals surface area contributed by atoms with E-state index < -0.39 is 0 Å². The Hall–Kier alpha value is -3.10. The van der Waals surface area contributed by atoms with Gasteiger partial charge in [0.05, 0.1) is 19.5 Å². The van der Waals surface area contributed by atoms with E-state index in [1.54, 1.807) is 47.6 Å². The van der Waals surface area contributed by atoms with Gasteiger partial charge in [0.15, 0.2) is 0 Å². The highest BCUT2D eigenvalue weighted by Crippen LogP contribution is 2.16. The van der Waals surface area contributed by atoms with Crippen LogP contribution in [0.5, 0.6) is 0 Å². The molecule has 3 rings (SSSR count). The van der Waals surface area contributed by atoms with Gasteiger partial charge in [-0.05, 0) is 53.3 Å². The molecule has 1 heterocycles. The number of amides is 2. The molecule has 0 aliphatic carbocycles. The van der Waals surface area contributed by atoms with Crippen LogP contribution in [0.15, 0.2) is 66.0 Å². The van der Waals surface area contributed by atoms with E-state index >= 15 is 0 Å². The van der Waals surface area contributed by atoms with Crippen LogP contribution in [0.4, 0.5) is 8.78 Å². The number of ether oxygens (including phenoxy) is 1. The van der Waals surface area contributed by atoms with Crippen molar-refractivity contribution in [2.75, 3.05) is 26.8 Å². The molecule has 180 valence electrons. The number of benzene rings is 2. The van der Waals surface area contributed by atoms with E-state index in [1.165, 1.54) is 29.2 Å². The van der Waals surface area contributed by atoms with Crippen molar-refractivity contribution in [2.45, 2.75) is 25.9 Å². The number of hydrogen-bond acceptors (Lipinski definition) is 4. The average molecular weight is 487 g/mol. The third kappa shape index (κ3) is 8.04. The highest BCUT2D eigenvalue weighted by Gasteiger charge is 2.22. The number of carbonyl (C=O) groups is 2. The Morgan fingerprint density at radius 3 is 2.09 bits per heavy atom. The SMILES string of the molecule is COCCCN(CC(=O)N(Cc1ccc(F)cc1)Cc1cccs1)C(=O)Cc1ccc(F)cc1. The average Bonchev–Trinajstić information content (AvgIpc) is 3.34. The van der Waals surface area contributed by atoms with Crippen molar-refractivity contribution in [3.63, 3.8) is 0 Å². The first-order valence-electron chi connectivity index (χ1n) is 11.0. The molecule has 0 fully saturated rings. The fourth-order valence-corrected chi connectivity index (χ4v) is 4.20. The molecule has 0 aliphatic rings. The van der Waals surface area contributed by atoms with Gasteiger partial charge < -0.3 is 14.5 Å². The second-order valence-corrected chi connectivity index (χ2v) is 8.95. The fraction of sp³-hybridized carbons (Fsp3) is 0.308. The minimum Gasteiger partial charge on any atom is -0.385 e. The molecule has 0 spiro atoms. The molecule has 2 aromatic carbocycles. The molecule has 0 atom stereocenters. The van der Waals surface area contributed by atoms with Crippen molar-refractivity contribution in [3.8, 4) is 0 Å². The summed E-state index contributed by atoms with van der Waals surface area (Å²) in [7, 11) is 1.58. The van der Waals surface area contributed by atoms with Gasteiger partial charge in [-0.25, -0.2) is 8.78 Å². The first-order chi connectivity index (χ1) is 16.4. The molecule has 34 heavy (non-hydrogen) atoms. The molecular weight excluding hydrogens is 458 g/mol. The Kier molecular flexibility index (Phi) is 9.73. The Labute approximate surface area is 202 Å². The third-order valence-corrected chi connectivity index (χ3v) is 6.15. The zero-order valence-electron chi connectivity index (χ0n) is 19.1. The van der Waals surface area contributed by atoms with Crippen molar-refractivity contribution >= 4 is 23.2 Å². The molecule has 2 amide bonds. The lowest BCUT2D eigenvalue weighted by molar-refractivity contribution is -0.141. The van der Waals surface area contributed by atoms with Crippen molar-refractivity contribution < 1.29 is 23.1 Å².